The average molecular weight is 322 g/mol. The number of hydrogen-bond donors (Lipinski definition) is 1. The second kappa shape index (κ2) is 6.24. The smallest absolute Gasteiger partial charge is 0.207 e. The number of imidazole rings is 1. The third-order valence-corrected chi connectivity index (χ3v) is 4.40. The number of aromatic nitrogens is 2. The van der Waals surface area contributed by atoms with Gasteiger partial charge in [-0.3, -0.25) is 4.57 Å². The van der Waals surface area contributed by atoms with E-state index in [1.807, 2.05) is 12.4 Å². The fourth-order valence-electron chi connectivity index (χ4n) is 2.08. The molecule has 0 atom stereocenters. The minimum atomic E-state index is 0.912. The molecule has 0 unspecified atom stereocenters. The van der Waals surface area contributed by atoms with Crippen molar-refractivity contribution in [3.8, 4) is 5.69 Å². The Bertz CT molecular complexity index is 537. The van der Waals surface area contributed by atoms with Crippen molar-refractivity contribution in [1.82, 2.24) is 9.55 Å². The zero-order valence-electron chi connectivity index (χ0n) is 11.7. The van der Waals surface area contributed by atoms with Crippen LogP contribution in [0.5, 0.6) is 0 Å². The summed E-state index contributed by atoms with van der Waals surface area (Å²) in [6.07, 6.45) is 6.17. The summed E-state index contributed by atoms with van der Waals surface area (Å²) in [7, 11) is 0. The van der Waals surface area contributed by atoms with Crippen LogP contribution in [0, 0.1) is 13.8 Å². The molecule has 0 aliphatic rings. The summed E-state index contributed by atoms with van der Waals surface area (Å²) < 4.78 is 3.28. The lowest BCUT2D eigenvalue weighted by atomic mass is 10.1. The van der Waals surface area contributed by atoms with Gasteiger partial charge >= 0.3 is 0 Å². The fraction of sp³-hybridized carbons (Fsp3) is 0.400. The molecule has 1 heterocycles. The van der Waals surface area contributed by atoms with Crippen LogP contribution in [-0.2, 0) is 0 Å². The van der Waals surface area contributed by atoms with Gasteiger partial charge < -0.3 is 5.32 Å². The van der Waals surface area contributed by atoms with Gasteiger partial charge in [-0.1, -0.05) is 29.3 Å². The molecule has 0 bridgehead atoms. The predicted octanol–water partition coefficient (Wildman–Crippen LogP) is 4.46. The van der Waals surface area contributed by atoms with Crippen molar-refractivity contribution >= 4 is 21.9 Å². The van der Waals surface area contributed by atoms with E-state index in [1.54, 1.807) is 0 Å². The molecule has 1 aromatic heterocycles. The van der Waals surface area contributed by atoms with E-state index in [1.165, 1.54) is 22.0 Å². The summed E-state index contributed by atoms with van der Waals surface area (Å²) in [5.74, 6) is 0.912. The molecule has 0 aliphatic carbocycles. The highest BCUT2D eigenvalue weighted by Gasteiger charge is 2.07. The highest BCUT2D eigenvalue weighted by Crippen LogP contribution is 2.25. The summed E-state index contributed by atoms with van der Waals surface area (Å²) in [6, 6.07) is 4.34. The first-order chi connectivity index (χ1) is 9.13. The standard InChI is InChI=1S/C15H20BrN3/c1-4-5-6-17-15-18-7-8-19(15)13-9-11(2)14(16)12(3)10-13/h7-10H,4-6H2,1-3H3,(H,17,18). The van der Waals surface area contributed by atoms with Gasteiger partial charge in [-0.15, -0.1) is 0 Å². The second-order valence-electron chi connectivity index (χ2n) is 4.79. The Kier molecular flexibility index (Phi) is 4.64. The van der Waals surface area contributed by atoms with Gasteiger partial charge in [0.15, 0.2) is 0 Å². The third kappa shape index (κ3) is 3.18. The van der Waals surface area contributed by atoms with Crippen LogP contribution in [0.25, 0.3) is 5.69 Å². The quantitative estimate of drug-likeness (QED) is 0.824. The Balaban J connectivity index is 2.29. The first kappa shape index (κ1) is 14.1. The Hall–Kier alpha value is -1.29. The highest BCUT2D eigenvalue weighted by molar-refractivity contribution is 9.10. The summed E-state index contributed by atoms with van der Waals surface area (Å²) >= 11 is 3.61. The summed E-state index contributed by atoms with van der Waals surface area (Å²) in [5, 5.41) is 3.39. The van der Waals surface area contributed by atoms with E-state index in [0.29, 0.717) is 0 Å². The minimum Gasteiger partial charge on any atom is -0.355 e. The average Bonchev–Trinajstić information content (AvgIpc) is 2.84. The van der Waals surface area contributed by atoms with Crippen LogP contribution in [-0.4, -0.2) is 16.1 Å². The molecule has 0 spiro atoms. The largest absolute Gasteiger partial charge is 0.355 e. The first-order valence-corrected chi connectivity index (χ1v) is 7.47. The summed E-state index contributed by atoms with van der Waals surface area (Å²) in [5.41, 5.74) is 3.63. The minimum absolute atomic E-state index is 0.912. The molecule has 2 rings (SSSR count). The van der Waals surface area contributed by atoms with Crippen molar-refractivity contribution in [3.63, 3.8) is 0 Å². The van der Waals surface area contributed by atoms with Crippen molar-refractivity contribution in [1.29, 1.82) is 0 Å². The number of hydrogen-bond acceptors (Lipinski definition) is 2. The van der Waals surface area contributed by atoms with Crippen LogP contribution in [0.1, 0.15) is 30.9 Å². The van der Waals surface area contributed by atoms with Gasteiger partial charge in [0.25, 0.3) is 0 Å². The van der Waals surface area contributed by atoms with Crippen LogP contribution in [0.15, 0.2) is 29.0 Å². The van der Waals surface area contributed by atoms with Crippen LogP contribution in [0.3, 0.4) is 0 Å². The Morgan fingerprint density at radius 2 is 1.95 bits per heavy atom. The third-order valence-electron chi connectivity index (χ3n) is 3.15. The zero-order valence-corrected chi connectivity index (χ0v) is 13.3. The van der Waals surface area contributed by atoms with Gasteiger partial charge in [-0.05, 0) is 43.5 Å². The molecule has 0 radical (unpaired) electrons. The van der Waals surface area contributed by atoms with E-state index in [-0.39, 0.29) is 0 Å². The van der Waals surface area contributed by atoms with Crippen LogP contribution in [0.2, 0.25) is 0 Å². The molecule has 0 fully saturated rings. The fourth-order valence-corrected chi connectivity index (χ4v) is 2.31. The van der Waals surface area contributed by atoms with E-state index < -0.39 is 0 Å². The highest BCUT2D eigenvalue weighted by atomic mass is 79.9. The molecule has 0 aliphatic heterocycles. The van der Waals surface area contributed by atoms with Crippen molar-refractivity contribution < 1.29 is 0 Å². The molecule has 0 amide bonds. The van der Waals surface area contributed by atoms with Crippen molar-refractivity contribution in [2.75, 3.05) is 11.9 Å². The number of nitrogens with one attached hydrogen (secondary N) is 1. The van der Waals surface area contributed by atoms with Gasteiger partial charge in [0.1, 0.15) is 0 Å². The lowest BCUT2D eigenvalue weighted by Crippen LogP contribution is -2.07. The Labute approximate surface area is 123 Å². The molecule has 1 aromatic carbocycles. The number of rotatable bonds is 5. The van der Waals surface area contributed by atoms with Gasteiger partial charge in [0, 0.05) is 29.1 Å². The monoisotopic (exact) mass is 321 g/mol. The summed E-state index contributed by atoms with van der Waals surface area (Å²) in [4.78, 5) is 4.39. The van der Waals surface area contributed by atoms with Crippen LogP contribution < -0.4 is 5.32 Å². The predicted molar refractivity (Wildman–Crippen MR) is 84.1 cm³/mol. The lowest BCUT2D eigenvalue weighted by molar-refractivity contribution is 0.823. The lowest BCUT2D eigenvalue weighted by Gasteiger charge is -2.12. The van der Waals surface area contributed by atoms with Gasteiger partial charge in [-0.25, -0.2) is 4.98 Å². The Morgan fingerprint density at radius 3 is 2.58 bits per heavy atom. The van der Waals surface area contributed by atoms with E-state index in [4.69, 9.17) is 0 Å². The van der Waals surface area contributed by atoms with E-state index in [0.717, 1.165) is 24.6 Å². The number of halogens is 1. The Morgan fingerprint density at radius 1 is 1.26 bits per heavy atom. The van der Waals surface area contributed by atoms with Gasteiger partial charge in [-0.2, -0.15) is 0 Å². The molecule has 0 saturated carbocycles. The maximum atomic E-state index is 4.39. The van der Waals surface area contributed by atoms with Crippen molar-refractivity contribution in [2.24, 2.45) is 0 Å². The molecule has 2 aromatic rings. The van der Waals surface area contributed by atoms with E-state index in [2.05, 4.69) is 63.7 Å². The van der Waals surface area contributed by atoms with Gasteiger partial charge in [0.05, 0.1) is 0 Å². The topological polar surface area (TPSA) is 29.9 Å². The van der Waals surface area contributed by atoms with Gasteiger partial charge in [0.2, 0.25) is 5.95 Å². The number of nitrogens with zero attached hydrogens (tertiary/aromatic N) is 2. The van der Waals surface area contributed by atoms with Crippen LogP contribution in [0.4, 0.5) is 5.95 Å². The molecular weight excluding hydrogens is 302 g/mol. The molecule has 4 heteroatoms. The number of benzene rings is 1. The summed E-state index contributed by atoms with van der Waals surface area (Å²) in [6.45, 7) is 7.38. The maximum Gasteiger partial charge on any atom is 0.207 e. The number of unbranched alkanes of at least 4 members (excludes halogenated alkanes) is 1. The van der Waals surface area contributed by atoms with Crippen molar-refractivity contribution in [3.05, 3.63) is 40.1 Å². The first-order valence-electron chi connectivity index (χ1n) is 6.67. The molecule has 3 nitrogen and oxygen atoms in total. The molecule has 102 valence electrons. The van der Waals surface area contributed by atoms with Crippen molar-refractivity contribution in [2.45, 2.75) is 33.6 Å². The number of aryl methyl sites for hydroxylation is 2. The number of anilines is 1. The molecule has 1 N–H and O–H groups in total. The van der Waals surface area contributed by atoms with E-state index in [9.17, 15) is 0 Å². The normalized spacial score (nSPS) is 10.7. The SMILES string of the molecule is CCCCNc1nccn1-c1cc(C)c(Br)c(C)c1. The van der Waals surface area contributed by atoms with Crippen LogP contribution >= 0.6 is 15.9 Å². The molecule has 0 saturated heterocycles. The molecule has 19 heavy (non-hydrogen) atoms. The van der Waals surface area contributed by atoms with E-state index >= 15 is 0 Å². The zero-order chi connectivity index (χ0) is 13.8. The molecular formula is C15H20BrN3. The second-order valence-corrected chi connectivity index (χ2v) is 5.59. The maximum absolute atomic E-state index is 4.39.